The Kier molecular flexibility index (Phi) is 3.52. The highest BCUT2D eigenvalue weighted by atomic mass is 32.2. The number of benzene rings is 1. The summed E-state index contributed by atoms with van der Waals surface area (Å²) < 4.78 is 10.5. The van der Waals surface area contributed by atoms with Crippen molar-refractivity contribution in [1.29, 1.82) is 0 Å². The highest BCUT2D eigenvalue weighted by Crippen LogP contribution is 2.37. The average molecular weight is 267 g/mol. The Hall–Kier alpha value is -1.07. The summed E-state index contributed by atoms with van der Waals surface area (Å²) in [6.07, 6.45) is 1.30. The predicted octanol–water partition coefficient (Wildman–Crippen LogP) is 1.96. The number of hydrogen-bond acceptors (Lipinski definition) is 5. The molecule has 2 aliphatic rings. The molecule has 5 heteroatoms. The van der Waals surface area contributed by atoms with E-state index in [2.05, 4.69) is 5.32 Å². The third-order valence-electron chi connectivity index (χ3n) is 3.35. The maximum atomic E-state index is 9.89. The molecule has 1 saturated heterocycles. The molecule has 0 amide bonds. The largest absolute Gasteiger partial charge is 0.507 e. The van der Waals surface area contributed by atoms with Crippen LogP contribution < -0.4 is 14.8 Å². The van der Waals surface area contributed by atoms with E-state index in [1.54, 1.807) is 6.07 Å². The lowest BCUT2D eigenvalue weighted by Gasteiger charge is -2.11. The summed E-state index contributed by atoms with van der Waals surface area (Å²) in [7, 11) is 0. The molecule has 2 heterocycles. The van der Waals surface area contributed by atoms with Gasteiger partial charge in [0.2, 0.25) is 6.79 Å². The van der Waals surface area contributed by atoms with Crippen LogP contribution in [-0.2, 0) is 6.54 Å². The van der Waals surface area contributed by atoms with Crippen molar-refractivity contribution in [2.75, 3.05) is 24.8 Å². The molecule has 4 nitrogen and oxygen atoms in total. The number of thioether (sulfide) groups is 1. The van der Waals surface area contributed by atoms with Gasteiger partial charge in [-0.15, -0.1) is 0 Å². The van der Waals surface area contributed by atoms with Crippen LogP contribution in [0.3, 0.4) is 0 Å². The van der Waals surface area contributed by atoms with E-state index in [-0.39, 0.29) is 12.5 Å². The van der Waals surface area contributed by atoms with Crippen molar-refractivity contribution < 1.29 is 14.6 Å². The van der Waals surface area contributed by atoms with E-state index < -0.39 is 0 Å². The minimum absolute atomic E-state index is 0.241. The molecule has 0 saturated carbocycles. The number of aromatic hydroxyl groups is 1. The van der Waals surface area contributed by atoms with E-state index in [9.17, 15) is 5.11 Å². The summed E-state index contributed by atoms with van der Waals surface area (Å²) in [6.45, 7) is 1.93. The zero-order valence-electron chi connectivity index (χ0n) is 10.1. The van der Waals surface area contributed by atoms with Crippen LogP contribution in [0.1, 0.15) is 12.0 Å². The van der Waals surface area contributed by atoms with Gasteiger partial charge in [0.1, 0.15) is 5.75 Å². The van der Waals surface area contributed by atoms with Crippen LogP contribution in [-0.4, -0.2) is 29.9 Å². The molecule has 1 fully saturated rings. The van der Waals surface area contributed by atoms with Crippen LogP contribution in [0.15, 0.2) is 12.1 Å². The molecular formula is C13H17NO3S. The lowest BCUT2D eigenvalue weighted by Crippen LogP contribution is -2.22. The van der Waals surface area contributed by atoms with E-state index in [0.29, 0.717) is 12.3 Å². The third kappa shape index (κ3) is 2.52. The van der Waals surface area contributed by atoms with Crippen LogP contribution in [0.5, 0.6) is 17.2 Å². The molecule has 0 aromatic heterocycles. The van der Waals surface area contributed by atoms with Crippen molar-refractivity contribution in [3.8, 4) is 17.2 Å². The fourth-order valence-corrected chi connectivity index (χ4v) is 3.55. The Bertz CT molecular complexity index is 432. The number of phenols is 1. The van der Waals surface area contributed by atoms with Crippen molar-refractivity contribution in [3.63, 3.8) is 0 Å². The van der Waals surface area contributed by atoms with E-state index in [0.717, 1.165) is 23.8 Å². The van der Waals surface area contributed by atoms with E-state index >= 15 is 0 Å². The predicted molar refractivity (Wildman–Crippen MR) is 71.4 cm³/mol. The van der Waals surface area contributed by atoms with Crippen molar-refractivity contribution in [2.24, 2.45) is 5.92 Å². The maximum Gasteiger partial charge on any atom is 0.231 e. The minimum Gasteiger partial charge on any atom is -0.507 e. The Morgan fingerprint density at radius 3 is 2.94 bits per heavy atom. The second kappa shape index (κ2) is 5.28. The Balaban J connectivity index is 1.58. The Morgan fingerprint density at radius 1 is 1.33 bits per heavy atom. The first-order chi connectivity index (χ1) is 8.83. The number of ether oxygens (including phenoxy) is 2. The van der Waals surface area contributed by atoms with E-state index in [4.69, 9.17) is 9.47 Å². The molecule has 18 heavy (non-hydrogen) atoms. The van der Waals surface area contributed by atoms with Crippen molar-refractivity contribution in [3.05, 3.63) is 17.7 Å². The summed E-state index contributed by atoms with van der Waals surface area (Å²) in [6, 6.07) is 3.48. The smallest absolute Gasteiger partial charge is 0.231 e. The normalized spacial score (nSPS) is 21.4. The molecule has 98 valence electrons. The van der Waals surface area contributed by atoms with Crippen LogP contribution >= 0.6 is 11.8 Å². The molecule has 0 radical (unpaired) electrons. The highest BCUT2D eigenvalue weighted by molar-refractivity contribution is 7.99. The second-order valence-electron chi connectivity index (χ2n) is 4.69. The molecular weight excluding hydrogens is 250 g/mol. The zero-order valence-corrected chi connectivity index (χ0v) is 11.0. The Morgan fingerprint density at radius 2 is 2.17 bits per heavy atom. The fourth-order valence-electron chi connectivity index (χ4n) is 2.27. The summed E-state index contributed by atoms with van der Waals surface area (Å²) in [5, 5.41) is 13.3. The minimum atomic E-state index is 0.241. The first-order valence-electron chi connectivity index (χ1n) is 6.23. The zero-order chi connectivity index (χ0) is 12.4. The van der Waals surface area contributed by atoms with Crippen LogP contribution in [0.4, 0.5) is 0 Å². The lowest BCUT2D eigenvalue weighted by atomic mass is 10.1. The quantitative estimate of drug-likeness (QED) is 0.873. The van der Waals surface area contributed by atoms with Gasteiger partial charge in [-0.05, 0) is 36.5 Å². The standard InChI is InChI=1S/C13H17NO3S/c15-11-4-13-12(16-8-17-13)3-10(11)6-14-5-9-1-2-18-7-9/h3-4,9,14-15H,1-2,5-8H2. The number of fused-ring (bicyclic) bond motifs is 1. The monoisotopic (exact) mass is 267 g/mol. The van der Waals surface area contributed by atoms with Crippen molar-refractivity contribution >= 4 is 11.8 Å². The first kappa shape index (κ1) is 12.0. The van der Waals surface area contributed by atoms with Gasteiger partial charge in [-0.1, -0.05) is 0 Å². The van der Waals surface area contributed by atoms with Gasteiger partial charge in [-0.25, -0.2) is 0 Å². The van der Waals surface area contributed by atoms with Gasteiger partial charge in [-0.3, -0.25) is 0 Å². The number of nitrogens with one attached hydrogen (secondary N) is 1. The van der Waals surface area contributed by atoms with Gasteiger partial charge in [-0.2, -0.15) is 11.8 Å². The molecule has 3 rings (SSSR count). The van der Waals surface area contributed by atoms with Gasteiger partial charge in [0.25, 0.3) is 0 Å². The van der Waals surface area contributed by atoms with Gasteiger partial charge < -0.3 is 19.9 Å². The molecule has 0 bridgehead atoms. The summed E-state index contributed by atoms with van der Waals surface area (Å²) in [5.74, 6) is 4.92. The SMILES string of the molecule is Oc1cc2c(cc1CNCC1CCSC1)OCO2. The van der Waals surface area contributed by atoms with Gasteiger partial charge >= 0.3 is 0 Å². The fraction of sp³-hybridized carbons (Fsp3) is 0.538. The highest BCUT2D eigenvalue weighted by Gasteiger charge is 2.18. The molecule has 1 unspecified atom stereocenters. The van der Waals surface area contributed by atoms with Gasteiger partial charge in [0.15, 0.2) is 11.5 Å². The topological polar surface area (TPSA) is 50.7 Å². The van der Waals surface area contributed by atoms with Crippen molar-refractivity contribution in [2.45, 2.75) is 13.0 Å². The number of rotatable bonds is 4. The van der Waals surface area contributed by atoms with Crippen LogP contribution in [0.2, 0.25) is 0 Å². The van der Waals surface area contributed by atoms with E-state index in [1.807, 2.05) is 17.8 Å². The van der Waals surface area contributed by atoms with Gasteiger partial charge in [0.05, 0.1) is 0 Å². The Labute approximate surface area is 111 Å². The molecule has 0 aliphatic carbocycles. The maximum absolute atomic E-state index is 9.89. The van der Waals surface area contributed by atoms with Crippen molar-refractivity contribution in [1.82, 2.24) is 5.32 Å². The van der Waals surface area contributed by atoms with Gasteiger partial charge in [0, 0.05) is 18.2 Å². The molecule has 1 atom stereocenters. The molecule has 2 N–H and O–H groups in total. The summed E-state index contributed by atoms with van der Waals surface area (Å²) >= 11 is 2.02. The first-order valence-corrected chi connectivity index (χ1v) is 7.38. The average Bonchev–Trinajstić information content (AvgIpc) is 3.00. The second-order valence-corrected chi connectivity index (χ2v) is 5.84. The summed E-state index contributed by atoms with van der Waals surface area (Å²) in [4.78, 5) is 0. The molecule has 1 aromatic rings. The summed E-state index contributed by atoms with van der Waals surface area (Å²) in [5.41, 5.74) is 0.866. The molecule has 2 aliphatic heterocycles. The third-order valence-corrected chi connectivity index (χ3v) is 4.58. The van der Waals surface area contributed by atoms with E-state index in [1.165, 1.54) is 17.9 Å². The van der Waals surface area contributed by atoms with Crippen LogP contribution in [0, 0.1) is 5.92 Å². The number of hydrogen-bond donors (Lipinski definition) is 2. The lowest BCUT2D eigenvalue weighted by molar-refractivity contribution is 0.174. The van der Waals surface area contributed by atoms with Crippen LogP contribution in [0.25, 0.3) is 0 Å². The molecule has 1 aromatic carbocycles. The number of phenolic OH excluding ortho intramolecular Hbond substituents is 1. The molecule has 0 spiro atoms.